The number of piperidine rings is 1. The van der Waals surface area contributed by atoms with Crippen LogP contribution in [-0.2, 0) is 6.42 Å². The summed E-state index contributed by atoms with van der Waals surface area (Å²) in [5.41, 5.74) is 2.50. The van der Waals surface area contributed by atoms with Crippen molar-refractivity contribution < 1.29 is 13.6 Å². The molecule has 0 radical (unpaired) electrons. The lowest BCUT2D eigenvalue weighted by atomic mass is 9.98. The van der Waals surface area contributed by atoms with Gasteiger partial charge in [-0.1, -0.05) is 42.5 Å². The van der Waals surface area contributed by atoms with Crippen molar-refractivity contribution >= 4 is 17.2 Å². The van der Waals surface area contributed by atoms with Gasteiger partial charge in [-0.05, 0) is 43.9 Å². The smallest absolute Gasteiger partial charge is 0.274 e. The fraction of sp³-hybridized carbons (Fsp3) is 0.259. The number of thiazole rings is 1. The van der Waals surface area contributed by atoms with Crippen molar-refractivity contribution in [3.63, 3.8) is 0 Å². The number of amides is 1. The summed E-state index contributed by atoms with van der Waals surface area (Å²) in [6.07, 6.45) is 3.13. The van der Waals surface area contributed by atoms with Crippen molar-refractivity contribution in [2.45, 2.75) is 38.6 Å². The van der Waals surface area contributed by atoms with Gasteiger partial charge in [0.25, 0.3) is 5.91 Å². The molecule has 0 spiro atoms. The molecule has 6 nitrogen and oxygen atoms in total. The number of hydrogen-bond donors (Lipinski definition) is 0. The Bertz CT molecular complexity index is 1390. The van der Waals surface area contributed by atoms with Crippen LogP contribution in [0.15, 0.2) is 59.0 Å². The summed E-state index contributed by atoms with van der Waals surface area (Å²) in [6, 6.07) is 17.6. The molecule has 2 aromatic carbocycles. The van der Waals surface area contributed by atoms with Gasteiger partial charge < -0.3 is 9.32 Å². The summed E-state index contributed by atoms with van der Waals surface area (Å²) in [7, 11) is 0. The van der Waals surface area contributed by atoms with Crippen LogP contribution in [0.5, 0.6) is 0 Å². The molecule has 35 heavy (non-hydrogen) atoms. The van der Waals surface area contributed by atoms with Gasteiger partial charge in [-0.15, -0.1) is 11.3 Å². The van der Waals surface area contributed by atoms with Crippen LogP contribution in [0.1, 0.15) is 46.4 Å². The van der Waals surface area contributed by atoms with E-state index in [1.165, 1.54) is 23.5 Å². The summed E-state index contributed by atoms with van der Waals surface area (Å²) in [6.45, 7) is 2.48. The lowest BCUT2D eigenvalue weighted by Crippen LogP contribution is -2.45. The van der Waals surface area contributed by atoms with Gasteiger partial charge in [0.1, 0.15) is 23.3 Å². The third-order valence-corrected chi connectivity index (χ3v) is 7.18. The van der Waals surface area contributed by atoms with Crippen molar-refractivity contribution in [1.29, 1.82) is 5.26 Å². The van der Waals surface area contributed by atoms with Crippen LogP contribution >= 0.6 is 11.3 Å². The minimum absolute atomic E-state index is 0.117. The number of halogens is 1. The van der Waals surface area contributed by atoms with Gasteiger partial charge in [-0.2, -0.15) is 5.26 Å². The topological polar surface area (TPSA) is 83.0 Å². The van der Waals surface area contributed by atoms with Gasteiger partial charge in [-0.25, -0.2) is 14.4 Å². The molecule has 0 bridgehead atoms. The minimum atomic E-state index is -0.323. The Kier molecular flexibility index (Phi) is 6.43. The fourth-order valence-electron chi connectivity index (χ4n) is 4.51. The molecule has 1 amide bonds. The predicted molar refractivity (Wildman–Crippen MR) is 131 cm³/mol. The van der Waals surface area contributed by atoms with E-state index < -0.39 is 0 Å². The van der Waals surface area contributed by atoms with Gasteiger partial charge in [0.05, 0.1) is 9.88 Å². The Morgan fingerprint density at radius 2 is 1.91 bits per heavy atom. The summed E-state index contributed by atoms with van der Waals surface area (Å²) in [5, 5.41) is 10.3. The second-order valence-corrected chi connectivity index (χ2v) is 9.74. The lowest BCUT2D eigenvalue weighted by Gasteiger charge is -2.35. The number of oxazole rings is 1. The zero-order valence-corrected chi connectivity index (χ0v) is 20.0. The maximum atomic E-state index is 13.7. The number of rotatable bonds is 5. The first-order valence-electron chi connectivity index (χ1n) is 11.5. The first-order valence-corrected chi connectivity index (χ1v) is 12.3. The highest BCUT2D eigenvalue weighted by atomic mass is 32.1. The van der Waals surface area contributed by atoms with Gasteiger partial charge in [0, 0.05) is 24.6 Å². The maximum Gasteiger partial charge on any atom is 0.274 e. The lowest BCUT2D eigenvalue weighted by molar-refractivity contribution is 0.0601. The Morgan fingerprint density at radius 1 is 1.14 bits per heavy atom. The molecule has 0 saturated carbocycles. The molecule has 1 aliphatic rings. The second kappa shape index (κ2) is 9.80. The molecule has 1 fully saturated rings. The molecular weight excluding hydrogens is 463 g/mol. The highest BCUT2D eigenvalue weighted by molar-refractivity contribution is 7.15. The molecule has 1 aliphatic heterocycles. The number of carbonyl (C=O) groups excluding carboxylic acids is 1. The predicted octanol–water partition coefficient (Wildman–Crippen LogP) is 6.02. The third kappa shape index (κ3) is 4.73. The van der Waals surface area contributed by atoms with Crippen LogP contribution in [0.4, 0.5) is 4.39 Å². The Morgan fingerprint density at radius 3 is 2.66 bits per heavy atom. The van der Waals surface area contributed by atoms with E-state index in [1.807, 2.05) is 42.2 Å². The molecule has 8 heteroatoms. The molecule has 1 atom stereocenters. The average Bonchev–Trinajstić information content (AvgIpc) is 3.48. The summed E-state index contributed by atoms with van der Waals surface area (Å²) < 4.78 is 19.3. The standard InChI is InChI=1S/C27H23FN4O2S/c1-17-30-25(26(35-17)19-10-12-20(28)13-11-19)27(33)32-14-6-5-9-21(32)15-23-31-24(22(16-29)34-23)18-7-3-2-4-8-18/h2-4,7-8,10-13,21H,5-6,9,14-15H2,1H3. The molecule has 5 rings (SSSR count). The number of aromatic nitrogens is 2. The number of likely N-dealkylation sites (tertiary alicyclic amines) is 1. The molecule has 176 valence electrons. The van der Waals surface area contributed by atoms with Crippen LogP contribution in [0.3, 0.4) is 0 Å². The molecule has 1 saturated heterocycles. The van der Waals surface area contributed by atoms with Crippen molar-refractivity contribution in [2.75, 3.05) is 6.54 Å². The molecule has 0 N–H and O–H groups in total. The van der Waals surface area contributed by atoms with Gasteiger partial charge >= 0.3 is 0 Å². The highest BCUT2D eigenvalue weighted by Crippen LogP contribution is 2.33. The fourth-order valence-corrected chi connectivity index (χ4v) is 5.42. The van der Waals surface area contributed by atoms with Gasteiger partial charge in [-0.3, -0.25) is 4.79 Å². The van der Waals surface area contributed by atoms with Crippen molar-refractivity contribution in [3.8, 4) is 27.8 Å². The number of nitrogens with zero attached hydrogens (tertiary/aromatic N) is 4. The monoisotopic (exact) mass is 486 g/mol. The molecule has 0 aliphatic carbocycles. The summed E-state index contributed by atoms with van der Waals surface area (Å²) >= 11 is 1.43. The zero-order chi connectivity index (χ0) is 24.4. The Balaban J connectivity index is 1.43. The van der Waals surface area contributed by atoms with E-state index in [-0.39, 0.29) is 23.5 Å². The van der Waals surface area contributed by atoms with Crippen molar-refractivity contribution in [3.05, 3.63) is 82.8 Å². The van der Waals surface area contributed by atoms with E-state index in [1.54, 1.807) is 12.1 Å². The SMILES string of the molecule is Cc1nc(C(=O)N2CCCCC2Cc2nc(-c3ccccc3)c(C#N)o2)c(-c2ccc(F)cc2)s1. The maximum absolute atomic E-state index is 13.7. The van der Waals surface area contributed by atoms with E-state index >= 15 is 0 Å². The molecule has 4 aromatic rings. The first-order chi connectivity index (χ1) is 17.0. The van der Waals surface area contributed by atoms with Crippen LogP contribution in [0.2, 0.25) is 0 Å². The molecule has 1 unspecified atom stereocenters. The third-order valence-electron chi connectivity index (χ3n) is 6.16. The highest BCUT2D eigenvalue weighted by Gasteiger charge is 2.32. The van der Waals surface area contributed by atoms with Gasteiger partial charge in [0.15, 0.2) is 5.89 Å². The number of aryl methyl sites for hydroxylation is 1. The summed E-state index contributed by atoms with van der Waals surface area (Å²) in [4.78, 5) is 25.5. The quantitative estimate of drug-likeness (QED) is 0.344. The first kappa shape index (κ1) is 22.9. The largest absolute Gasteiger partial charge is 0.429 e. The van der Waals surface area contributed by atoms with E-state index in [9.17, 15) is 14.4 Å². The van der Waals surface area contributed by atoms with E-state index in [2.05, 4.69) is 16.0 Å². The van der Waals surface area contributed by atoms with Crippen LogP contribution < -0.4 is 0 Å². The number of benzene rings is 2. The number of nitriles is 1. The summed E-state index contributed by atoms with van der Waals surface area (Å²) in [5.74, 6) is 0.150. The van der Waals surface area contributed by atoms with Crippen LogP contribution in [0.25, 0.3) is 21.7 Å². The van der Waals surface area contributed by atoms with Crippen LogP contribution in [0, 0.1) is 24.1 Å². The zero-order valence-electron chi connectivity index (χ0n) is 19.2. The van der Waals surface area contributed by atoms with E-state index in [0.717, 1.165) is 40.3 Å². The van der Waals surface area contributed by atoms with Gasteiger partial charge in [0.2, 0.25) is 5.76 Å². The molecule has 3 heterocycles. The van der Waals surface area contributed by atoms with Crippen molar-refractivity contribution in [1.82, 2.24) is 14.9 Å². The van der Waals surface area contributed by atoms with Crippen LogP contribution in [-0.4, -0.2) is 33.4 Å². The minimum Gasteiger partial charge on any atom is -0.429 e. The van der Waals surface area contributed by atoms with Crippen molar-refractivity contribution in [2.24, 2.45) is 0 Å². The molecular formula is C27H23FN4O2S. The average molecular weight is 487 g/mol. The second-order valence-electron chi connectivity index (χ2n) is 8.53. The Labute approximate surface area is 206 Å². The van der Waals surface area contributed by atoms with E-state index in [4.69, 9.17) is 4.42 Å². The Hall–Kier alpha value is -3.83. The number of carbonyl (C=O) groups is 1. The molecule has 2 aromatic heterocycles. The number of hydrogen-bond acceptors (Lipinski definition) is 6. The van der Waals surface area contributed by atoms with E-state index in [0.29, 0.717) is 30.2 Å². The normalized spacial score (nSPS) is 15.7.